The topological polar surface area (TPSA) is 50.1 Å². The number of piperidine rings is 1. The van der Waals surface area contributed by atoms with E-state index >= 15 is 0 Å². The molecule has 0 aliphatic carbocycles. The van der Waals surface area contributed by atoms with Crippen LogP contribution in [0.3, 0.4) is 0 Å². The number of likely N-dealkylation sites (tertiary alicyclic amines) is 1. The number of anilines is 1. The van der Waals surface area contributed by atoms with Crippen LogP contribution < -0.4 is 4.90 Å². The third-order valence-corrected chi connectivity index (χ3v) is 6.67. The van der Waals surface area contributed by atoms with Gasteiger partial charge in [-0.05, 0) is 51.3 Å². The number of hydrogen-bond donors (Lipinski definition) is 0. The van der Waals surface area contributed by atoms with Crippen LogP contribution in [0.4, 0.5) is 5.82 Å². The van der Waals surface area contributed by atoms with E-state index in [0.29, 0.717) is 5.54 Å². The lowest BCUT2D eigenvalue weighted by Crippen LogP contribution is -2.52. The van der Waals surface area contributed by atoms with Crippen molar-refractivity contribution in [2.24, 2.45) is 0 Å². The van der Waals surface area contributed by atoms with Crippen molar-refractivity contribution in [1.29, 1.82) is 0 Å². The summed E-state index contributed by atoms with van der Waals surface area (Å²) in [5.74, 6) is 2.21. The fourth-order valence-corrected chi connectivity index (χ4v) is 5.01. The molecule has 2 aliphatic heterocycles. The Labute approximate surface area is 166 Å². The third-order valence-electron chi connectivity index (χ3n) is 6.67. The second kappa shape index (κ2) is 7.17. The summed E-state index contributed by atoms with van der Waals surface area (Å²) in [6, 6.07) is 8.11. The van der Waals surface area contributed by atoms with Crippen LogP contribution in [0.5, 0.6) is 0 Å². The smallest absolute Gasteiger partial charge is 0.147 e. The van der Waals surface area contributed by atoms with Gasteiger partial charge in [0.25, 0.3) is 0 Å². The monoisotopic (exact) mass is 376 g/mol. The minimum absolute atomic E-state index is 0.325. The molecule has 28 heavy (non-hydrogen) atoms. The summed E-state index contributed by atoms with van der Waals surface area (Å²) in [5, 5.41) is 0. The van der Waals surface area contributed by atoms with Crippen LogP contribution in [0.2, 0.25) is 0 Å². The van der Waals surface area contributed by atoms with Gasteiger partial charge in [-0.25, -0.2) is 9.97 Å². The molecule has 0 atom stereocenters. The van der Waals surface area contributed by atoms with Gasteiger partial charge in [0.2, 0.25) is 0 Å². The van der Waals surface area contributed by atoms with Gasteiger partial charge in [-0.2, -0.15) is 0 Å². The Morgan fingerprint density at radius 1 is 1.00 bits per heavy atom. The number of aryl methyl sites for hydroxylation is 1. The van der Waals surface area contributed by atoms with Crippen LogP contribution in [0, 0.1) is 0 Å². The molecule has 2 fully saturated rings. The molecule has 6 nitrogen and oxygen atoms in total. The first-order valence-corrected chi connectivity index (χ1v) is 10.5. The molecular weight excluding hydrogens is 348 g/mol. The van der Waals surface area contributed by atoms with Gasteiger partial charge < -0.3 is 9.47 Å². The van der Waals surface area contributed by atoms with Crippen molar-refractivity contribution in [3.63, 3.8) is 0 Å². The molecule has 1 aromatic carbocycles. The highest BCUT2D eigenvalue weighted by Crippen LogP contribution is 2.40. The lowest BCUT2D eigenvalue weighted by molar-refractivity contribution is 0.0957. The zero-order valence-electron chi connectivity index (χ0n) is 16.6. The average molecular weight is 377 g/mol. The van der Waals surface area contributed by atoms with Gasteiger partial charge in [0.1, 0.15) is 11.6 Å². The highest BCUT2D eigenvalue weighted by molar-refractivity contribution is 5.75. The van der Waals surface area contributed by atoms with Crippen molar-refractivity contribution in [2.45, 2.75) is 51.2 Å². The zero-order valence-corrected chi connectivity index (χ0v) is 16.6. The summed E-state index contributed by atoms with van der Waals surface area (Å²) in [5.41, 5.74) is 2.27. The van der Waals surface area contributed by atoms with E-state index in [1.165, 1.54) is 38.1 Å². The van der Waals surface area contributed by atoms with Crippen LogP contribution in [-0.2, 0) is 13.1 Å². The second-order valence-corrected chi connectivity index (χ2v) is 8.08. The van der Waals surface area contributed by atoms with E-state index in [-0.39, 0.29) is 0 Å². The number of para-hydroxylation sites is 2. The Morgan fingerprint density at radius 2 is 1.82 bits per heavy atom. The predicted octanol–water partition coefficient (Wildman–Crippen LogP) is 3.48. The van der Waals surface area contributed by atoms with Gasteiger partial charge in [-0.3, -0.25) is 9.88 Å². The molecule has 0 radical (unpaired) electrons. The lowest BCUT2D eigenvalue weighted by Gasteiger charge is -2.45. The van der Waals surface area contributed by atoms with E-state index < -0.39 is 0 Å². The number of aromatic nitrogens is 4. The summed E-state index contributed by atoms with van der Waals surface area (Å²) < 4.78 is 2.27. The fourth-order valence-electron chi connectivity index (χ4n) is 5.01. The normalized spacial score (nSPS) is 19.7. The summed E-state index contributed by atoms with van der Waals surface area (Å²) in [6.45, 7) is 7.43. The minimum atomic E-state index is 0.325. The van der Waals surface area contributed by atoms with E-state index in [2.05, 4.69) is 37.5 Å². The molecule has 146 valence electrons. The van der Waals surface area contributed by atoms with E-state index in [9.17, 15) is 0 Å². The molecule has 0 bridgehead atoms. The number of nitrogens with zero attached hydrogens (tertiary/aromatic N) is 6. The largest absolute Gasteiger partial charge is 0.355 e. The number of fused-ring (bicyclic) bond motifs is 1. The first-order chi connectivity index (χ1) is 13.8. The standard InChI is InChI=1S/C22H28N6/c1-2-26-15-11-23-21(26)17-28-12-5-8-22(28)9-13-27(14-10-22)20-16-24-18-6-3-4-7-19(18)25-20/h3-4,6-7,11,15-16H,2,5,8-10,12-14,17H2,1H3. The molecule has 4 heterocycles. The Balaban J connectivity index is 1.30. The summed E-state index contributed by atoms with van der Waals surface area (Å²) >= 11 is 0. The highest BCUT2D eigenvalue weighted by Gasteiger charge is 2.43. The first kappa shape index (κ1) is 17.6. The van der Waals surface area contributed by atoms with Gasteiger partial charge >= 0.3 is 0 Å². The highest BCUT2D eigenvalue weighted by atomic mass is 15.3. The van der Waals surface area contributed by atoms with Crippen molar-refractivity contribution < 1.29 is 0 Å². The lowest BCUT2D eigenvalue weighted by atomic mass is 9.85. The second-order valence-electron chi connectivity index (χ2n) is 8.08. The van der Waals surface area contributed by atoms with E-state index in [4.69, 9.17) is 4.98 Å². The average Bonchev–Trinajstić information content (AvgIpc) is 3.35. The van der Waals surface area contributed by atoms with Crippen molar-refractivity contribution >= 4 is 16.9 Å². The molecular formula is C22H28N6. The third kappa shape index (κ3) is 3.05. The van der Waals surface area contributed by atoms with Crippen LogP contribution in [0.1, 0.15) is 38.4 Å². The molecule has 0 unspecified atom stereocenters. The maximum Gasteiger partial charge on any atom is 0.147 e. The van der Waals surface area contributed by atoms with Gasteiger partial charge in [0.05, 0.1) is 23.8 Å². The van der Waals surface area contributed by atoms with Crippen LogP contribution >= 0.6 is 0 Å². The molecule has 2 saturated heterocycles. The first-order valence-electron chi connectivity index (χ1n) is 10.5. The van der Waals surface area contributed by atoms with Crippen LogP contribution in [0.25, 0.3) is 11.0 Å². The Morgan fingerprint density at radius 3 is 2.64 bits per heavy atom. The maximum atomic E-state index is 4.85. The van der Waals surface area contributed by atoms with Gasteiger partial charge in [0.15, 0.2) is 0 Å². The van der Waals surface area contributed by atoms with E-state index in [1.54, 1.807) is 0 Å². The molecule has 0 N–H and O–H groups in total. The SMILES string of the molecule is CCn1ccnc1CN1CCCC12CCN(c1cnc3ccccc3n1)CC2. The molecule has 6 heteroatoms. The minimum Gasteiger partial charge on any atom is -0.355 e. The summed E-state index contributed by atoms with van der Waals surface area (Å²) in [4.78, 5) is 19.2. The van der Waals surface area contributed by atoms with Gasteiger partial charge in [-0.15, -0.1) is 0 Å². The van der Waals surface area contributed by atoms with Gasteiger partial charge in [0, 0.05) is 37.6 Å². The van der Waals surface area contributed by atoms with Crippen LogP contribution in [0.15, 0.2) is 42.9 Å². The Kier molecular flexibility index (Phi) is 4.51. The van der Waals surface area contributed by atoms with Crippen molar-refractivity contribution in [3.8, 4) is 0 Å². The molecule has 2 aliphatic rings. The molecule has 0 saturated carbocycles. The molecule has 0 amide bonds. The van der Waals surface area contributed by atoms with Crippen molar-refractivity contribution in [1.82, 2.24) is 24.4 Å². The number of hydrogen-bond acceptors (Lipinski definition) is 5. The Hall–Kier alpha value is -2.47. The number of benzene rings is 1. The zero-order chi connectivity index (χ0) is 19.0. The van der Waals surface area contributed by atoms with Crippen molar-refractivity contribution in [3.05, 3.63) is 48.7 Å². The maximum absolute atomic E-state index is 4.85. The molecule has 1 spiro atoms. The van der Waals surface area contributed by atoms with E-state index in [1.807, 2.05) is 36.7 Å². The van der Waals surface area contributed by atoms with Gasteiger partial charge in [-0.1, -0.05) is 12.1 Å². The molecule has 5 rings (SSSR count). The molecule has 3 aromatic rings. The predicted molar refractivity (Wildman–Crippen MR) is 111 cm³/mol. The summed E-state index contributed by atoms with van der Waals surface area (Å²) in [7, 11) is 0. The summed E-state index contributed by atoms with van der Waals surface area (Å²) in [6.07, 6.45) is 10.9. The fraction of sp³-hybridized carbons (Fsp3) is 0.500. The van der Waals surface area contributed by atoms with Crippen molar-refractivity contribution in [2.75, 3.05) is 24.5 Å². The number of imidazole rings is 1. The van der Waals surface area contributed by atoms with Crippen LogP contribution in [-0.4, -0.2) is 49.6 Å². The Bertz CT molecular complexity index is 956. The number of rotatable bonds is 4. The molecule has 2 aromatic heterocycles. The van der Waals surface area contributed by atoms with E-state index in [0.717, 1.165) is 43.0 Å². The quantitative estimate of drug-likeness (QED) is 0.698.